The van der Waals surface area contributed by atoms with Gasteiger partial charge in [-0.15, -0.1) is 0 Å². The van der Waals surface area contributed by atoms with Crippen molar-refractivity contribution in [3.63, 3.8) is 0 Å². The summed E-state index contributed by atoms with van der Waals surface area (Å²) in [6.45, 7) is 6.50. The van der Waals surface area contributed by atoms with E-state index in [1.54, 1.807) is 6.20 Å². The molecule has 2 rings (SSSR count). The molecule has 4 heteroatoms. The van der Waals surface area contributed by atoms with E-state index in [0.29, 0.717) is 6.61 Å². The maximum Gasteiger partial charge on any atom is 0.124 e. The lowest BCUT2D eigenvalue weighted by atomic mass is 10.1. The molecule has 1 aromatic carbocycles. The minimum Gasteiger partial charge on any atom is -0.494 e. The van der Waals surface area contributed by atoms with Crippen LogP contribution in [0.2, 0.25) is 0 Å². The number of aromatic nitrogens is 2. The van der Waals surface area contributed by atoms with Crippen molar-refractivity contribution in [2.75, 3.05) is 13.2 Å². The van der Waals surface area contributed by atoms with Gasteiger partial charge in [-0.05, 0) is 25.6 Å². The Bertz CT molecular complexity index is 482. The van der Waals surface area contributed by atoms with Crippen LogP contribution < -0.4 is 10.1 Å². The van der Waals surface area contributed by atoms with E-state index in [4.69, 9.17) is 4.74 Å². The second kappa shape index (κ2) is 6.95. The summed E-state index contributed by atoms with van der Waals surface area (Å²) in [5, 5.41) is 7.77. The third kappa shape index (κ3) is 3.58. The summed E-state index contributed by atoms with van der Waals surface area (Å²) in [6, 6.07) is 10.3. The highest BCUT2D eigenvalue weighted by Gasteiger charge is 2.15. The topological polar surface area (TPSA) is 39.1 Å². The van der Waals surface area contributed by atoms with E-state index < -0.39 is 0 Å². The molecule has 1 heterocycles. The maximum atomic E-state index is 5.71. The number of nitrogens with zero attached hydrogens (tertiary/aromatic N) is 2. The van der Waals surface area contributed by atoms with E-state index in [1.807, 2.05) is 42.1 Å². The van der Waals surface area contributed by atoms with Gasteiger partial charge in [-0.3, -0.25) is 4.68 Å². The van der Waals surface area contributed by atoms with Gasteiger partial charge in [-0.2, -0.15) is 5.10 Å². The number of likely N-dealkylation sites (N-methyl/N-ethyl adjacent to an activating group) is 1. The van der Waals surface area contributed by atoms with Gasteiger partial charge in [0.1, 0.15) is 5.75 Å². The molecule has 0 aliphatic carbocycles. The molecular weight excluding hydrogens is 238 g/mol. The quantitative estimate of drug-likeness (QED) is 0.831. The summed E-state index contributed by atoms with van der Waals surface area (Å²) >= 11 is 0. The van der Waals surface area contributed by atoms with E-state index in [9.17, 15) is 0 Å². The van der Waals surface area contributed by atoms with Crippen molar-refractivity contribution in [1.82, 2.24) is 15.1 Å². The number of hydrogen-bond acceptors (Lipinski definition) is 3. The molecule has 0 saturated heterocycles. The van der Waals surface area contributed by atoms with Crippen molar-refractivity contribution in [3.05, 3.63) is 48.3 Å². The van der Waals surface area contributed by atoms with Crippen LogP contribution in [-0.4, -0.2) is 22.9 Å². The van der Waals surface area contributed by atoms with Gasteiger partial charge in [0.15, 0.2) is 0 Å². The number of nitrogens with one attached hydrogen (secondary N) is 1. The number of rotatable bonds is 7. The number of benzene rings is 1. The van der Waals surface area contributed by atoms with Crippen molar-refractivity contribution >= 4 is 0 Å². The molecule has 1 atom stereocenters. The smallest absolute Gasteiger partial charge is 0.124 e. The first kappa shape index (κ1) is 13.6. The number of hydrogen-bond donors (Lipinski definition) is 1. The fourth-order valence-electron chi connectivity index (χ4n) is 2.17. The molecule has 2 aromatic rings. The van der Waals surface area contributed by atoms with Crippen LogP contribution >= 0.6 is 0 Å². The zero-order chi connectivity index (χ0) is 13.5. The predicted molar refractivity (Wildman–Crippen MR) is 76.3 cm³/mol. The molecule has 4 nitrogen and oxygen atoms in total. The van der Waals surface area contributed by atoms with Crippen molar-refractivity contribution in [2.24, 2.45) is 0 Å². The molecule has 19 heavy (non-hydrogen) atoms. The summed E-state index contributed by atoms with van der Waals surface area (Å²) in [5.74, 6) is 0.947. The average molecular weight is 259 g/mol. The van der Waals surface area contributed by atoms with Gasteiger partial charge in [0, 0.05) is 18.0 Å². The first-order chi connectivity index (χ1) is 9.35. The minimum atomic E-state index is 0.202. The van der Waals surface area contributed by atoms with E-state index in [0.717, 1.165) is 18.8 Å². The molecule has 1 unspecified atom stereocenters. The molecule has 0 bridgehead atoms. The highest BCUT2D eigenvalue weighted by molar-refractivity contribution is 5.35. The Labute approximate surface area is 114 Å². The highest BCUT2D eigenvalue weighted by Crippen LogP contribution is 2.26. The molecule has 0 aliphatic heterocycles. The summed E-state index contributed by atoms with van der Waals surface area (Å²) < 4.78 is 7.65. The standard InChI is InChI=1S/C15H21N3O/c1-3-16-14(12-18-11-7-10-17-18)13-8-5-6-9-15(13)19-4-2/h5-11,14,16H,3-4,12H2,1-2H3. The molecule has 1 N–H and O–H groups in total. The lowest BCUT2D eigenvalue weighted by Gasteiger charge is -2.21. The summed E-state index contributed by atoms with van der Waals surface area (Å²) in [7, 11) is 0. The second-order valence-corrected chi connectivity index (χ2v) is 4.31. The SMILES string of the molecule is CCNC(Cn1cccn1)c1ccccc1OCC. The van der Waals surface area contributed by atoms with Crippen LogP contribution in [0.4, 0.5) is 0 Å². The minimum absolute atomic E-state index is 0.202. The molecule has 1 aromatic heterocycles. The zero-order valence-corrected chi connectivity index (χ0v) is 11.5. The van der Waals surface area contributed by atoms with Gasteiger partial charge in [0.2, 0.25) is 0 Å². The molecule has 0 fully saturated rings. The van der Waals surface area contributed by atoms with Crippen molar-refractivity contribution in [1.29, 1.82) is 0 Å². The van der Waals surface area contributed by atoms with Gasteiger partial charge in [-0.1, -0.05) is 25.1 Å². The third-order valence-corrected chi connectivity index (χ3v) is 2.97. The molecule has 0 radical (unpaired) electrons. The monoisotopic (exact) mass is 259 g/mol. The van der Waals surface area contributed by atoms with Crippen LogP contribution in [0, 0.1) is 0 Å². The average Bonchev–Trinajstić information content (AvgIpc) is 2.92. The van der Waals surface area contributed by atoms with Crippen LogP contribution in [0.3, 0.4) is 0 Å². The van der Waals surface area contributed by atoms with Gasteiger partial charge in [0.25, 0.3) is 0 Å². The fraction of sp³-hybridized carbons (Fsp3) is 0.400. The first-order valence-corrected chi connectivity index (χ1v) is 6.77. The number of para-hydroxylation sites is 1. The van der Waals surface area contributed by atoms with Gasteiger partial charge >= 0.3 is 0 Å². The van der Waals surface area contributed by atoms with Crippen molar-refractivity contribution in [3.8, 4) is 5.75 Å². The van der Waals surface area contributed by atoms with Gasteiger partial charge in [-0.25, -0.2) is 0 Å². The highest BCUT2D eigenvalue weighted by atomic mass is 16.5. The van der Waals surface area contributed by atoms with E-state index in [-0.39, 0.29) is 6.04 Å². The number of ether oxygens (including phenoxy) is 1. The Morgan fingerprint density at radius 1 is 1.26 bits per heavy atom. The van der Waals surface area contributed by atoms with Crippen molar-refractivity contribution < 1.29 is 4.74 Å². The predicted octanol–water partition coefficient (Wildman–Crippen LogP) is 2.63. The lowest BCUT2D eigenvalue weighted by molar-refractivity contribution is 0.327. The normalized spacial score (nSPS) is 12.3. The maximum absolute atomic E-state index is 5.71. The molecular formula is C15H21N3O. The molecule has 102 valence electrons. The van der Waals surface area contributed by atoms with E-state index in [2.05, 4.69) is 23.4 Å². The fourth-order valence-corrected chi connectivity index (χ4v) is 2.17. The van der Waals surface area contributed by atoms with Crippen LogP contribution in [0.5, 0.6) is 5.75 Å². The summed E-state index contributed by atoms with van der Waals surface area (Å²) in [4.78, 5) is 0. The summed E-state index contributed by atoms with van der Waals surface area (Å²) in [6.07, 6.45) is 3.78. The third-order valence-electron chi connectivity index (χ3n) is 2.97. The van der Waals surface area contributed by atoms with E-state index in [1.165, 1.54) is 5.56 Å². The Morgan fingerprint density at radius 3 is 2.79 bits per heavy atom. The molecule has 0 amide bonds. The Kier molecular flexibility index (Phi) is 4.98. The van der Waals surface area contributed by atoms with Gasteiger partial charge in [0.05, 0.1) is 19.2 Å². The van der Waals surface area contributed by atoms with E-state index >= 15 is 0 Å². The van der Waals surface area contributed by atoms with Crippen LogP contribution in [0.25, 0.3) is 0 Å². The Morgan fingerprint density at radius 2 is 2.11 bits per heavy atom. The summed E-state index contributed by atoms with van der Waals surface area (Å²) in [5.41, 5.74) is 1.18. The van der Waals surface area contributed by atoms with Crippen LogP contribution in [-0.2, 0) is 6.54 Å². The Balaban J connectivity index is 2.22. The molecule has 0 saturated carbocycles. The molecule has 0 spiro atoms. The lowest BCUT2D eigenvalue weighted by Crippen LogP contribution is -2.26. The zero-order valence-electron chi connectivity index (χ0n) is 11.5. The second-order valence-electron chi connectivity index (χ2n) is 4.31. The van der Waals surface area contributed by atoms with Crippen LogP contribution in [0.1, 0.15) is 25.5 Å². The Hall–Kier alpha value is -1.81. The first-order valence-electron chi connectivity index (χ1n) is 6.77. The molecule has 0 aliphatic rings. The van der Waals surface area contributed by atoms with Crippen LogP contribution in [0.15, 0.2) is 42.7 Å². The van der Waals surface area contributed by atoms with Gasteiger partial charge < -0.3 is 10.1 Å². The van der Waals surface area contributed by atoms with Crippen molar-refractivity contribution in [2.45, 2.75) is 26.4 Å². The largest absolute Gasteiger partial charge is 0.494 e.